The molecule has 1 aliphatic rings. The first-order valence-electron chi connectivity index (χ1n) is 10.7. The van der Waals surface area contributed by atoms with Crippen molar-refractivity contribution in [1.82, 2.24) is 15.3 Å². The number of nitrogens with two attached hydrogens (primary N) is 1. The number of allylic oxidation sites excluding steroid dienone is 5. The number of nitrogens with one attached hydrogen (secondary N) is 3. The molecule has 1 unspecified atom stereocenters. The SMILES string of the molecule is CN=C(NC1=CCC=CC(Cl)=C1C=O)C(C)Nc1ncnc(N)c1C(=N)c1ccc(OC)c(F)c1F. The molecule has 188 valence electrons. The minimum Gasteiger partial charge on any atom is -0.494 e. The quantitative estimate of drug-likeness (QED) is 0.239. The first-order valence-corrected chi connectivity index (χ1v) is 11.0. The molecule has 1 aromatic heterocycles. The molecule has 1 aromatic carbocycles. The summed E-state index contributed by atoms with van der Waals surface area (Å²) in [7, 11) is 2.76. The second-order valence-corrected chi connectivity index (χ2v) is 7.94. The van der Waals surface area contributed by atoms with Crippen molar-refractivity contribution < 1.29 is 18.3 Å². The predicted molar refractivity (Wildman–Crippen MR) is 136 cm³/mol. The van der Waals surface area contributed by atoms with E-state index >= 15 is 0 Å². The number of aliphatic imine (C=N–C) groups is 1. The van der Waals surface area contributed by atoms with Crippen LogP contribution in [0, 0.1) is 17.0 Å². The van der Waals surface area contributed by atoms with E-state index in [1.165, 1.54) is 25.6 Å². The van der Waals surface area contributed by atoms with Crippen molar-refractivity contribution >= 4 is 41.1 Å². The Hall–Kier alpha value is -4.12. The fraction of sp³-hybridized carbons (Fsp3) is 0.208. The second kappa shape index (κ2) is 11.5. The van der Waals surface area contributed by atoms with Gasteiger partial charge in [0, 0.05) is 18.3 Å². The molecule has 9 nitrogen and oxygen atoms in total. The smallest absolute Gasteiger partial charge is 0.201 e. The number of nitrogens with zero attached hydrogens (tertiary/aromatic N) is 3. The lowest BCUT2D eigenvalue weighted by Gasteiger charge is -2.22. The third-order valence-electron chi connectivity index (χ3n) is 5.32. The number of anilines is 2. The van der Waals surface area contributed by atoms with Gasteiger partial charge in [0.05, 0.1) is 35.0 Å². The summed E-state index contributed by atoms with van der Waals surface area (Å²) in [6.45, 7) is 1.75. The average molecular weight is 516 g/mol. The van der Waals surface area contributed by atoms with Gasteiger partial charge in [-0.15, -0.1) is 0 Å². The highest BCUT2D eigenvalue weighted by Crippen LogP contribution is 2.28. The number of amidine groups is 1. The van der Waals surface area contributed by atoms with Crippen LogP contribution < -0.4 is 21.1 Å². The van der Waals surface area contributed by atoms with Gasteiger partial charge in [-0.05, 0) is 31.6 Å². The van der Waals surface area contributed by atoms with Crippen LogP contribution in [-0.4, -0.2) is 48.0 Å². The number of nitrogen functional groups attached to an aromatic ring is 1. The maximum absolute atomic E-state index is 14.7. The van der Waals surface area contributed by atoms with Gasteiger partial charge >= 0.3 is 0 Å². The Labute approximate surface area is 211 Å². The Morgan fingerprint density at radius 2 is 2.08 bits per heavy atom. The second-order valence-electron chi connectivity index (χ2n) is 7.54. The Balaban J connectivity index is 1.92. The number of aldehydes is 1. The number of carbonyl (C=O) groups excluding carboxylic acids is 1. The van der Waals surface area contributed by atoms with Crippen molar-refractivity contribution in [1.29, 1.82) is 5.41 Å². The van der Waals surface area contributed by atoms with Crippen molar-refractivity contribution in [2.24, 2.45) is 4.99 Å². The molecule has 36 heavy (non-hydrogen) atoms. The standard InChI is InChI=1S/C24H24ClF2N7O2/c1-12(23(30-2)34-16-7-5-4-6-15(25)14(16)10-35)33-24-18(22(29)31-11-32-24)21(28)13-8-9-17(36-3)20(27)19(13)26/h4,6-12,28H,5H2,1-3H3,(H,30,34)(H3,29,31,32,33). The van der Waals surface area contributed by atoms with Gasteiger partial charge in [0.25, 0.3) is 0 Å². The fourth-order valence-corrected chi connectivity index (χ4v) is 3.70. The van der Waals surface area contributed by atoms with Crippen LogP contribution in [0.1, 0.15) is 24.5 Å². The van der Waals surface area contributed by atoms with E-state index in [1.54, 1.807) is 26.1 Å². The highest BCUT2D eigenvalue weighted by molar-refractivity contribution is 6.33. The molecule has 1 aliphatic carbocycles. The molecule has 0 saturated heterocycles. The molecule has 0 fully saturated rings. The molecule has 0 saturated carbocycles. The Kier molecular flexibility index (Phi) is 8.49. The number of methoxy groups -OCH3 is 1. The number of hydrogen-bond donors (Lipinski definition) is 4. The first kappa shape index (κ1) is 26.5. The van der Waals surface area contributed by atoms with E-state index in [2.05, 4.69) is 25.6 Å². The average Bonchev–Trinajstić information content (AvgIpc) is 3.03. The number of benzene rings is 1. The van der Waals surface area contributed by atoms with Gasteiger partial charge in [0.15, 0.2) is 17.9 Å². The van der Waals surface area contributed by atoms with Crippen LogP contribution in [0.25, 0.3) is 0 Å². The molecular formula is C24H24ClF2N7O2. The van der Waals surface area contributed by atoms with E-state index in [4.69, 9.17) is 27.5 Å². The van der Waals surface area contributed by atoms with E-state index in [-0.39, 0.29) is 39.1 Å². The van der Waals surface area contributed by atoms with Crippen molar-refractivity contribution in [2.45, 2.75) is 19.4 Å². The number of aromatic nitrogens is 2. The van der Waals surface area contributed by atoms with Crippen molar-refractivity contribution in [2.75, 3.05) is 25.2 Å². The summed E-state index contributed by atoms with van der Waals surface area (Å²) < 4.78 is 33.8. The van der Waals surface area contributed by atoms with Gasteiger partial charge < -0.3 is 21.1 Å². The van der Waals surface area contributed by atoms with Crippen LogP contribution in [0.5, 0.6) is 5.75 Å². The van der Waals surface area contributed by atoms with E-state index in [9.17, 15) is 13.6 Å². The van der Waals surface area contributed by atoms with Crippen LogP contribution in [0.4, 0.5) is 20.4 Å². The van der Waals surface area contributed by atoms with E-state index in [0.29, 0.717) is 24.2 Å². The molecule has 12 heteroatoms. The molecule has 0 amide bonds. The third-order valence-corrected chi connectivity index (χ3v) is 5.65. The number of carbonyl (C=O) groups is 1. The largest absolute Gasteiger partial charge is 0.494 e. The molecule has 3 rings (SSSR count). The third kappa shape index (κ3) is 5.41. The summed E-state index contributed by atoms with van der Waals surface area (Å²) in [4.78, 5) is 23.9. The monoisotopic (exact) mass is 515 g/mol. The molecule has 0 radical (unpaired) electrons. The topological polar surface area (TPSA) is 138 Å². The summed E-state index contributed by atoms with van der Waals surface area (Å²) in [5.74, 6) is -2.40. The molecule has 0 bridgehead atoms. The van der Waals surface area contributed by atoms with E-state index in [0.717, 1.165) is 0 Å². The molecular weight excluding hydrogens is 492 g/mol. The molecule has 2 aromatic rings. The molecule has 0 spiro atoms. The zero-order valence-corrected chi connectivity index (χ0v) is 20.5. The minimum absolute atomic E-state index is 0.0299. The number of ether oxygens (including phenoxy) is 1. The lowest BCUT2D eigenvalue weighted by molar-refractivity contribution is -0.104. The van der Waals surface area contributed by atoms with Crippen LogP contribution in [0.2, 0.25) is 0 Å². The summed E-state index contributed by atoms with van der Waals surface area (Å²) in [6.07, 6.45) is 7.61. The van der Waals surface area contributed by atoms with Crippen LogP contribution in [0.15, 0.2) is 58.0 Å². The van der Waals surface area contributed by atoms with Gasteiger partial charge in [-0.3, -0.25) is 15.2 Å². The van der Waals surface area contributed by atoms with Crippen LogP contribution in [-0.2, 0) is 4.79 Å². The lowest BCUT2D eigenvalue weighted by Crippen LogP contribution is -2.38. The Bertz CT molecular complexity index is 1320. The lowest BCUT2D eigenvalue weighted by atomic mass is 10.0. The summed E-state index contributed by atoms with van der Waals surface area (Å²) in [6, 6.07) is 1.86. The maximum Gasteiger partial charge on any atom is 0.201 e. The molecule has 1 atom stereocenters. The van der Waals surface area contributed by atoms with E-state index < -0.39 is 23.4 Å². The normalized spacial score (nSPS) is 14.6. The van der Waals surface area contributed by atoms with Gasteiger partial charge in [0.1, 0.15) is 23.8 Å². The molecule has 0 aliphatic heterocycles. The Morgan fingerprint density at radius 3 is 2.75 bits per heavy atom. The van der Waals surface area contributed by atoms with Crippen molar-refractivity contribution in [3.63, 3.8) is 0 Å². The number of hydrogen-bond acceptors (Lipinski definition) is 8. The van der Waals surface area contributed by atoms with Crippen LogP contribution in [0.3, 0.4) is 0 Å². The summed E-state index contributed by atoms with van der Waals surface area (Å²) in [5, 5.41) is 15.0. The first-order chi connectivity index (χ1) is 17.2. The molecule has 1 heterocycles. The highest BCUT2D eigenvalue weighted by Gasteiger charge is 2.24. The minimum atomic E-state index is -1.27. The van der Waals surface area contributed by atoms with Gasteiger partial charge in [-0.25, -0.2) is 14.4 Å². The number of halogens is 3. The van der Waals surface area contributed by atoms with Gasteiger partial charge in [0.2, 0.25) is 5.82 Å². The fourth-order valence-electron chi connectivity index (χ4n) is 3.47. The predicted octanol–water partition coefficient (Wildman–Crippen LogP) is 3.72. The van der Waals surface area contributed by atoms with E-state index in [1.807, 2.05) is 6.08 Å². The maximum atomic E-state index is 14.7. The van der Waals surface area contributed by atoms with Crippen molar-refractivity contribution in [3.05, 3.63) is 75.8 Å². The van der Waals surface area contributed by atoms with Gasteiger partial charge in [-0.2, -0.15) is 4.39 Å². The zero-order valence-electron chi connectivity index (χ0n) is 19.7. The highest BCUT2D eigenvalue weighted by atomic mass is 35.5. The number of rotatable bonds is 8. The molecule has 5 N–H and O–H groups in total. The summed E-state index contributed by atoms with van der Waals surface area (Å²) in [5.41, 5.74) is 5.94. The van der Waals surface area contributed by atoms with Crippen molar-refractivity contribution in [3.8, 4) is 5.75 Å². The summed E-state index contributed by atoms with van der Waals surface area (Å²) >= 11 is 6.20. The Morgan fingerprint density at radius 1 is 1.33 bits per heavy atom. The van der Waals surface area contributed by atoms with Crippen LogP contribution >= 0.6 is 11.6 Å². The zero-order chi connectivity index (χ0) is 26.4. The van der Waals surface area contributed by atoms with Gasteiger partial charge in [-0.1, -0.05) is 23.8 Å².